The van der Waals surface area contributed by atoms with E-state index in [1.54, 1.807) is 12.3 Å². The molecule has 108 valence electrons. The number of piperidine rings is 1. The fourth-order valence-corrected chi connectivity index (χ4v) is 3.06. The highest BCUT2D eigenvalue weighted by Gasteiger charge is 2.35. The summed E-state index contributed by atoms with van der Waals surface area (Å²) in [4.78, 5) is 25.5. The second-order valence-corrected chi connectivity index (χ2v) is 5.97. The van der Waals surface area contributed by atoms with E-state index in [0.29, 0.717) is 29.7 Å². The molecule has 1 amide bonds. The van der Waals surface area contributed by atoms with Crippen LogP contribution >= 0.6 is 11.6 Å². The maximum absolute atomic E-state index is 12.7. The molecule has 1 aromatic rings. The number of carboxylic acids is 1. The number of carboxylic acid groups (broad SMARTS) is 1. The van der Waals surface area contributed by atoms with Crippen molar-refractivity contribution >= 4 is 23.5 Å². The third-order valence-electron chi connectivity index (χ3n) is 4.02. The number of aliphatic carboxylic acids is 1. The molecule has 0 aromatic carbocycles. The van der Waals surface area contributed by atoms with Crippen molar-refractivity contribution in [3.8, 4) is 0 Å². The van der Waals surface area contributed by atoms with Gasteiger partial charge in [0.2, 0.25) is 0 Å². The summed E-state index contributed by atoms with van der Waals surface area (Å²) in [7, 11) is 0. The number of nitrogens with zero attached hydrogens (tertiary/aromatic N) is 2. The Bertz CT molecular complexity index is 551. The Morgan fingerprint density at radius 1 is 1.25 bits per heavy atom. The number of aromatic nitrogens is 1. The van der Waals surface area contributed by atoms with Crippen LogP contribution in [0.4, 0.5) is 0 Å². The van der Waals surface area contributed by atoms with Gasteiger partial charge in [0, 0.05) is 18.8 Å². The van der Waals surface area contributed by atoms with Crippen LogP contribution in [0.2, 0.25) is 5.02 Å². The highest BCUT2D eigenvalue weighted by atomic mass is 35.5. The van der Waals surface area contributed by atoms with Gasteiger partial charge in [0.15, 0.2) is 0 Å². The van der Waals surface area contributed by atoms with Crippen LogP contribution in [0.3, 0.4) is 0 Å². The lowest BCUT2D eigenvalue weighted by atomic mass is 10.0. The van der Waals surface area contributed by atoms with Gasteiger partial charge in [0.1, 0.15) is 11.7 Å². The molecule has 1 atom stereocenters. The predicted octanol–water partition coefficient (Wildman–Crippen LogP) is 2.56. The van der Waals surface area contributed by atoms with Crippen molar-refractivity contribution in [2.75, 3.05) is 6.54 Å². The molecule has 5 nitrogen and oxygen atoms in total. The van der Waals surface area contributed by atoms with Crippen molar-refractivity contribution in [1.29, 1.82) is 0 Å². The molecule has 0 spiro atoms. The van der Waals surface area contributed by atoms with Crippen LogP contribution < -0.4 is 0 Å². The average molecular weight is 297 g/mol. The second kappa shape index (κ2) is 5.13. The van der Waals surface area contributed by atoms with Crippen molar-refractivity contribution in [1.82, 2.24) is 9.47 Å². The zero-order valence-corrected chi connectivity index (χ0v) is 11.8. The Morgan fingerprint density at radius 3 is 2.65 bits per heavy atom. The molecule has 2 heterocycles. The standard InChI is InChI=1S/C14H17ClN2O3/c15-9-7-12(17(8-9)10-4-5-10)13(18)16-6-2-1-3-11(16)14(19)20/h7-8,10-11H,1-6H2,(H,19,20). The van der Waals surface area contributed by atoms with Gasteiger partial charge in [0.05, 0.1) is 5.02 Å². The summed E-state index contributed by atoms with van der Waals surface area (Å²) in [5, 5.41) is 9.81. The summed E-state index contributed by atoms with van der Waals surface area (Å²) >= 11 is 6.01. The highest BCUT2D eigenvalue weighted by molar-refractivity contribution is 6.31. The molecule has 1 saturated heterocycles. The van der Waals surface area contributed by atoms with E-state index in [1.165, 1.54) is 4.90 Å². The molecule has 6 heteroatoms. The number of likely N-dealkylation sites (tertiary alicyclic amines) is 1. The van der Waals surface area contributed by atoms with E-state index in [9.17, 15) is 14.7 Å². The van der Waals surface area contributed by atoms with Gasteiger partial charge < -0.3 is 14.6 Å². The Morgan fingerprint density at radius 2 is 2.00 bits per heavy atom. The molecular weight excluding hydrogens is 280 g/mol. The van der Waals surface area contributed by atoms with E-state index in [2.05, 4.69) is 0 Å². The first-order valence-corrected chi connectivity index (χ1v) is 7.37. The first-order chi connectivity index (χ1) is 9.58. The number of halogens is 1. The van der Waals surface area contributed by atoms with E-state index >= 15 is 0 Å². The van der Waals surface area contributed by atoms with Crippen LogP contribution in [0.15, 0.2) is 12.3 Å². The molecule has 0 radical (unpaired) electrons. The van der Waals surface area contributed by atoms with Gasteiger partial charge >= 0.3 is 5.97 Å². The van der Waals surface area contributed by atoms with Gasteiger partial charge in [-0.05, 0) is 38.2 Å². The minimum atomic E-state index is -0.923. The fourth-order valence-electron chi connectivity index (χ4n) is 2.85. The third kappa shape index (κ3) is 2.42. The van der Waals surface area contributed by atoms with Crippen molar-refractivity contribution < 1.29 is 14.7 Å². The van der Waals surface area contributed by atoms with Gasteiger partial charge in [-0.15, -0.1) is 0 Å². The Hall–Kier alpha value is -1.49. The zero-order valence-electron chi connectivity index (χ0n) is 11.1. The monoisotopic (exact) mass is 296 g/mol. The van der Waals surface area contributed by atoms with Gasteiger partial charge in [-0.1, -0.05) is 11.6 Å². The van der Waals surface area contributed by atoms with Gasteiger partial charge in [0.25, 0.3) is 5.91 Å². The summed E-state index contributed by atoms with van der Waals surface area (Å²) < 4.78 is 1.90. The first kappa shape index (κ1) is 13.5. The van der Waals surface area contributed by atoms with E-state index in [0.717, 1.165) is 25.7 Å². The van der Waals surface area contributed by atoms with Crippen LogP contribution in [0, 0.1) is 0 Å². The lowest BCUT2D eigenvalue weighted by Gasteiger charge is -2.33. The fraction of sp³-hybridized carbons (Fsp3) is 0.571. The third-order valence-corrected chi connectivity index (χ3v) is 4.23. The molecule has 1 aliphatic carbocycles. The van der Waals surface area contributed by atoms with Crippen LogP contribution in [-0.4, -0.2) is 39.0 Å². The molecule has 1 saturated carbocycles. The number of hydrogen-bond donors (Lipinski definition) is 1. The van der Waals surface area contributed by atoms with Crippen LogP contribution in [0.25, 0.3) is 0 Å². The van der Waals surface area contributed by atoms with Crippen molar-refractivity contribution in [2.24, 2.45) is 0 Å². The molecule has 1 N–H and O–H groups in total. The molecule has 1 aliphatic heterocycles. The molecule has 1 aromatic heterocycles. The summed E-state index contributed by atoms with van der Waals surface area (Å²) in [5.41, 5.74) is 0.519. The molecular formula is C14H17ClN2O3. The Kier molecular flexibility index (Phi) is 3.46. The minimum absolute atomic E-state index is 0.212. The average Bonchev–Trinajstić information content (AvgIpc) is 3.21. The summed E-state index contributed by atoms with van der Waals surface area (Å²) in [6.45, 7) is 0.503. The van der Waals surface area contributed by atoms with E-state index in [1.807, 2.05) is 4.57 Å². The van der Waals surface area contributed by atoms with Gasteiger partial charge in [-0.2, -0.15) is 0 Å². The number of amides is 1. The molecule has 3 rings (SSSR count). The Labute approximate surface area is 122 Å². The smallest absolute Gasteiger partial charge is 0.326 e. The molecule has 0 bridgehead atoms. The first-order valence-electron chi connectivity index (χ1n) is 6.99. The molecule has 2 fully saturated rings. The second-order valence-electron chi connectivity index (χ2n) is 5.53. The Balaban J connectivity index is 1.89. The predicted molar refractivity (Wildman–Crippen MR) is 74.0 cm³/mol. The van der Waals surface area contributed by atoms with Crippen molar-refractivity contribution in [3.05, 3.63) is 23.0 Å². The van der Waals surface area contributed by atoms with E-state index < -0.39 is 12.0 Å². The summed E-state index contributed by atoms with van der Waals surface area (Å²) in [5.74, 6) is -1.13. The molecule has 2 aliphatic rings. The lowest BCUT2D eigenvalue weighted by molar-refractivity contribution is -0.143. The number of carbonyl (C=O) groups excluding carboxylic acids is 1. The van der Waals surface area contributed by atoms with Crippen molar-refractivity contribution in [2.45, 2.75) is 44.2 Å². The summed E-state index contributed by atoms with van der Waals surface area (Å²) in [6, 6.07) is 1.28. The molecule has 20 heavy (non-hydrogen) atoms. The van der Waals surface area contributed by atoms with Crippen LogP contribution in [-0.2, 0) is 4.79 Å². The van der Waals surface area contributed by atoms with Gasteiger partial charge in [-0.3, -0.25) is 4.79 Å². The molecule has 1 unspecified atom stereocenters. The van der Waals surface area contributed by atoms with E-state index in [-0.39, 0.29) is 5.91 Å². The number of carbonyl (C=O) groups is 2. The van der Waals surface area contributed by atoms with Crippen LogP contribution in [0.5, 0.6) is 0 Å². The van der Waals surface area contributed by atoms with Gasteiger partial charge in [-0.25, -0.2) is 4.79 Å². The number of rotatable bonds is 3. The number of hydrogen-bond acceptors (Lipinski definition) is 2. The van der Waals surface area contributed by atoms with Crippen molar-refractivity contribution in [3.63, 3.8) is 0 Å². The lowest BCUT2D eigenvalue weighted by Crippen LogP contribution is -2.48. The maximum atomic E-state index is 12.7. The van der Waals surface area contributed by atoms with Crippen LogP contribution in [0.1, 0.15) is 48.6 Å². The quantitative estimate of drug-likeness (QED) is 0.932. The largest absolute Gasteiger partial charge is 0.480 e. The SMILES string of the molecule is O=C(O)C1CCCCN1C(=O)c1cc(Cl)cn1C1CC1. The minimum Gasteiger partial charge on any atom is -0.480 e. The van der Waals surface area contributed by atoms with E-state index in [4.69, 9.17) is 11.6 Å². The maximum Gasteiger partial charge on any atom is 0.326 e. The summed E-state index contributed by atoms with van der Waals surface area (Å²) in [6.07, 6.45) is 6.10. The topological polar surface area (TPSA) is 62.5 Å². The zero-order chi connectivity index (χ0) is 14.3. The normalized spacial score (nSPS) is 22.9. The highest BCUT2D eigenvalue weighted by Crippen LogP contribution is 2.38.